The highest BCUT2D eigenvalue weighted by molar-refractivity contribution is 6.04. The first-order valence-electron chi connectivity index (χ1n) is 9.44. The van der Waals surface area contributed by atoms with Gasteiger partial charge in [-0.15, -0.1) is 0 Å². The Labute approximate surface area is 184 Å². The molecule has 0 saturated carbocycles. The molecule has 0 unspecified atom stereocenters. The van der Waals surface area contributed by atoms with Crippen LogP contribution in [0.15, 0.2) is 71.8 Å². The summed E-state index contributed by atoms with van der Waals surface area (Å²) in [5.41, 5.74) is 10.1. The molecule has 8 nitrogen and oxygen atoms in total. The van der Waals surface area contributed by atoms with Crippen LogP contribution >= 0.6 is 0 Å². The van der Waals surface area contributed by atoms with Gasteiger partial charge in [0.1, 0.15) is 11.5 Å². The highest BCUT2D eigenvalue weighted by atomic mass is 16.5. The summed E-state index contributed by atoms with van der Waals surface area (Å²) in [5.74, 6) is 4.70. The van der Waals surface area contributed by atoms with Gasteiger partial charge >= 0.3 is 5.91 Å². The van der Waals surface area contributed by atoms with Crippen molar-refractivity contribution in [3.63, 3.8) is 0 Å². The molecule has 5 N–H and O–H groups in total. The number of carbonyl (C=O) groups is 2. The molecule has 0 aliphatic carbocycles. The summed E-state index contributed by atoms with van der Waals surface area (Å²) in [4.78, 5) is 24.2. The van der Waals surface area contributed by atoms with Gasteiger partial charge in [0, 0.05) is 34.4 Å². The van der Waals surface area contributed by atoms with Crippen molar-refractivity contribution in [2.75, 3.05) is 18.2 Å². The lowest BCUT2D eigenvalue weighted by molar-refractivity contribution is -0.111. The van der Waals surface area contributed by atoms with Crippen LogP contribution in [0.25, 0.3) is 0 Å². The lowest BCUT2D eigenvalue weighted by Gasteiger charge is -2.08. The Morgan fingerprint density at radius 1 is 1.09 bits per heavy atom. The first-order chi connectivity index (χ1) is 15.5. The predicted octanol–water partition coefficient (Wildman–Crippen LogP) is 2.74. The average Bonchev–Trinajstić information content (AvgIpc) is 2.80. The van der Waals surface area contributed by atoms with E-state index < -0.39 is 11.8 Å². The third-order valence-corrected chi connectivity index (χ3v) is 4.24. The summed E-state index contributed by atoms with van der Waals surface area (Å²) in [6.07, 6.45) is 1.40. The molecule has 3 rings (SSSR count). The smallest absolute Gasteiger partial charge is 0.300 e. The summed E-state index contributed by atoms with van der Waals surface area (Å²) in [6, 6.07) is 18.2. The van der Waals surface area contributed by atoms with Gasteiger partial charge in [0.2, 0.25) is 0 Å². The van der Waals surface area contributed by atoms with Crippen LogP contribution in [0.3, 0.4) is 0 Å². The number of hydrogen-bond acceptors (Lipinski definition) is 6. The van der Waals surface area contributed by atoms with Crippen LogP contribution in [0, 0.1) is 11.8 Å². The Morgan fingerprint density at radius 3 is 2.59 bits per heavy atom. The topological polar surface area (TPSA) is 126 Å². The zero-order chi connectivity index (χ0) is 22.9. The minimum atomic E-state index is -0.493. The zero-order valence-corrected chi connectivity index (χ0v) is 17.1. The third kappa shape index (κ3) is 5.87. The number of nitrogens with one attached hydrogen (secondary N) is 2. The van der Waals surface area contributed by atoms with Gasteiger partial charge in [-0.25, -0.2) is 5.43 Å². The second-order valence-corrected chi connectivity index (χ2v) is 6.50. The number of anilines is 2. The van der Waals surface area contributed by atoms with Gasteiger partial charge in [-0.3, -0.25) is 9.59 Å². The number of phenols is 1. The first-order valence-corrected chi connectivity index (χ1v) is 9.44. The molecule has 0 aromatic heterocycles. The predicted molar refractivity (Wildman–Crippen MR) is 123 cm³/mol. The maximum absolute atomic E-state index is 12.1. The van der Waals surface area contributed by atoms with Crippen molar-refractivity contribution in [1.29, 1.82) is 0 Å². The van der Waals surface area contributed by atoms with Crippen LogP contribution in [-0.4, -0.2) is 30.2 Å². The van der Waals surface area contributed by atoms with E-state index in [0.717, 1.165) is 5.56 Å². The third-order valence-electron chi connectivity index (χ3n) is 4.24. The monoisotopic (exact) mass is 428 g/mol. The molecule has 0 fully saturated rings. The number of carbonyl (C=O) groups excluding carboxylic acids is 2. The molecule has 160 valence electrons. The minimum absolute atomic E-state index is 0.0920. The quantitative estimate of drug-likeness (QED) is 0.163. The molecule has 3 aromatic rings. The van der Waals surface area contributed by atoms with E-state index in [9.17, 15) is 14.7 Å². The van der Waals surface area contributed by atoms with Crippen molar-refractivity contribution >= 4 is 29.4 Å². The van der Waals surface area contributed by atoms with Crippen LogP contribution in [0.2, 0.25) is 0 Å². The second-order valence-electron chi connectivity index (χ2n) is 6.50. The van der Waals surface area contributed by atoms with Crippen LogP contribution in [0.4, 0.5) is 11.4 Å². The van der Waals surface area contributed by atoms with Gasteiger partial charge in [-0.1, -0.05) is 24.1 Å². The normalized spacial score (nSPS) is 10.2. The standard InChI is InChI=1S/C24H20N4O4/c1-32-22-14-19(27-23(30)12-7-16-5-3-2-4-6-16)10-8-18(22)15-26-28-24(31)17-9-11-21(29)20(25)13-17/h2-6,8-11,13-15,29H,25H2,1H3,(H,27,30)(H,28,31)/b26-15+. The maximum atomic E-state index is 12.1. The van der Waals surface area contributed by atoms with Crippen molar-refractivity contribution < 1.29 is 19.4 Å². The molecule has 0 heterocycles. The van der Waals surface area contributed by atoms with Crippen LogP contribution in [0.1, 0.15) is 21.5 Å². The fraction of sp³-hybridized carbons (Fsp3) is 0.0417. The summed E-state index contributed by atoms with van der Waals surface area (Å²) >= 11 is 0. The largest absolute Gasteiger partial charge is 0.506 e. The number of phenolic OH excluding ortho intramolecular Hbond substituents is 1. The number of nitrogens with two attached hydrogens (primary N) is 1. The number of nitrogens with zero attached hydrogens (tertiary/aromatic N) is 1. The van der Waals surface area contributed by atoms with E-state index in [4.69, 9.17) is 10.5 Å². The maximum Gasteiger partial charge on any atom is 0.300 e. The summed E-state index contributed by atoms with van der Waals surface area (Å²) in [7, 11) is 1.48. The number of hydrogen-bond donors (Lipinski definition) is 4. The van der Waals surface area contributed by atoms with Crippen LogP contribution in [0.5, 0.6) is 11.5 Å². The van der Waals surface area contributed by atoms with Gasteiger partial charge in [-0.05, 0) is 42.5 Å². The molecule has 0 radical (unpaired) electrons. The highest BCUT2D eigenvalue weighted by Crippen LogP contribution is 2.22. The SMILES string of the molecule is COc1cc(NC(=O)C#Cc2ccccc2)ccc1/C=N/NC(=O)c1ccc(O)c(N)c1. The van der Waals surface area contributed by atoms with E-state index in [1.807, 2.05) is 30.3 Å². The lowest BCUT2D eigenvalue weighted by Crippen LogP contribution is -2.17. The molecule has 8 heteroatoms. The highest BCUT2D eigenvalue weighted by Gasteiger charge is 2.08. The van der Waals surface area contributed by atoms with Crippen molar-refractivity contribution in [3.8, 4) is 23.3 Å². The van der Waals surface area contributed by atoms with Crippen LogP contribution in [-0.2, 0) is 4.79 Å². The fourth-order valence-electron chi connectivity index (χ4n) is 2.63. The Kier molecular flexibility index (Phi) is 7.07. The second kappa shape index (κ2) is 10.3. The van der Waals surface area contributed by atoms with E-state index in [1.165, 1.54) is 31.5 Å². The lowest BCUT2D eigenvalue weighted by atomic mass is 10.2. The molecular weight excluding hydrogens is 408 g/mol. The average molecular weight is 428 g/mol. The van der Waals surface area contributed by atoms with Crippen LogP contribution < -0.4 is 21.2 Å². The molecule has 3 aromatic carbocycles. The summed E-state index contributed by atoms with van der Waals surface area (Å²) < 4.78 is 5.33. The Hall–Kier alpha value is -4.77. The first kappa shape index (κ1) is 21.9. The van der Waals surface area contributed by atoms with Gasteiger partial charge in [0.25, 0.3) is 5.91 Å². The number of ether oxygens (including phenoxy) is 1. The number of benzene rings is 3. The van der Waals surface area contributed by atoms with Crippen molar-refractivity contribution in [1.82, 2.24) is 5.43 Å². The van der Waals surface area contributed by atoms with E-state index >= 15 is 0 Å². The zero-order valence-electron chi connectivity index (χ0n) is 17.1. The number of nitrogen functional groups attached to an aromatic ring is 1. The summed E-state index contributed by atoms with van der Waals surface area (Å²) in [6.45, 7) is 0. The van der Waals surface area contributed by atoms with Gasteiger partial charge < -0.3 is 20.9 Å². The molecule has 0 atom stereocenters. The van der Waals surface area contributed by atoms with Gasteiger partial charge in [0.15, 0.2) is 0 Å². The molecule has 0 aliphatic rings. The van der Waals surface area contributed by atoms with Crippen molar-refractivity contribution in [3.05, 3.63) is 83.4 Å². The number of hydrazone groups is 1. The molecule has 0 saturated heterocycles. The molecule has 0 bridgehead atoms. The van der Waals surface area contributed by atoms with Gasteiger partial charge in [0.05, 0.1) is 19.0 Å². The number of rotatable bonds is 5. The molecular formula is C24H20N4O4. The van der Waals surface area contributed by atoms with E-state index in [1.54, 1.807) is 18.2 Å². The molecule has 0 spiro atoms. The van der Waals surface area contributed by atoms with E-state index in [2.05, 4.69) is 27.7 Å². The Balaban J connectivity index is 1.64. The molecule has 2 amide bonds. The number of aromatic hydroxyl groups is 1. The number of methoxy groups -OCH3 is 1. The summed E-state index contributed by atoms with van der Waals surface area (Å²) in [5, 5.41) is 16.0. The molecule has 0 aliphatic heterocycles. The number of amides is 2. The van der Waals surface area contributed by atoms with Crippen molar-refractivity contribution in [2.45, 2.75) is 0 Å². The van der Waals surface area contributed by atoms with Crippen molar-refractivity contribution in [2.24, 2.45) is 5.10 Å². The van der Waals surface area contributed by atoms with Gasteiger partial charge in [-0.2, -0.15) is 5.10 Å². The Morgan fingerprint density at radius 2 is 1.88 bits per heavy atom. The van der Waals surface area contributed by atoms with E-state index in [-0.39, 0.29) is 17.0 Å². The fourth-order valence-corrected chi connectivity index (χ4v) is 2.63. The minimum Gasteiger partial charge on any atom is -0.506 e. The van der Waals surface area contributed by atoms with E-state index in [0.29, 0.717) is 17.0 Å². The molecule has 32 heavy (non-hydrogen) atoms. The Bertz CT molecular complexity index is 1230.